The third kappa shape index (κ3) is 2.82. The molecule has 1 atom stereocenters. The summed E-state index contributed by atoms with van der Waals surface area (Å²) in [5.74, 6) is -1.38. The molecule has 1 aromatic carbocycles. The van der Waals surface area contributed by atoms with Crippen molar-refractivity contribution in [3.63, 3.8) is 0 Å². The second kappa shape index (κ2) is 6.54. The van der Waals surface area contributed by atoms with Crippen LogP contribution in [0.15, 0.2) is 12.1 Å². The SMILES string of the molecule is CC1(C)C(=O)N(c2ccc(C#N)c(C(F)(F)F)[c]2[Y])C(=O)C1(C)CC=O. The molecule has 134 valence electrons. The van der Waals surface area contributed by atoms with Crippen LogP contribution < -0.4 is 7.27 Å². The van der Waals surface area contributed by atoms with E-state index in [0.29, 0.717) is 6.29 Å². The number of halogens is 3. The maximum atomic E-state index is 13.4. The average molecular weight is 440 g/mol. The van der Waals surface area contributed by atoms with Crippen molar-refractivity contribution >= 4 is 26.2 Å². The number of benzene rings is 1. The second-order valence-electron chi connectivity index (χ2n) is 6.80. The van der Waals surface area contributed by atoms with Gasteiger partial charge in [0.1, 0.15) is 0 Å². The summed E-state index contributed by atoms with van der Waals surface area (Å²) in [6.45, 7) is 4.45. The Labute approximate surface area is 168 Å². The molecule has 1 aromatic rings. The number of amides is 2. The molecule has 5 nitrogen and oxygen atoms in total. The van der Waals surface area contributed by atoms with E-state index in [1.807, 2.05) is 0 Å². The van der Waals surface area contributed by atoms with Crippen molar-refractivity contribution in [2.45, 2.75) is 33.4 Å². The van der Waals surface area contributed by atoms with Gasteiger partial charge in [0, 0.05) is 0 Å². The van der Waals surface area contributed by atoms with Gasteiger partial charge in [0.25, 0.3) is 0 Å². The van der Waals surface area contributed by atoms with Crippen LogP contribution in [-0.2, 0) is 51.5 Å². The number of imide groups is 1. The predicted octanol–water partition coefficient (Wildman–Crippen LogP) is 2.24. The van der Waals surface area contributed by atoms with Gasteiger partial charge in [-0.05, 0) is 0 Å². The minimum absolute atomic E-state index is 0.0573. The minimum atomic E-state index is -4.79. The number of alkyl halides is 3. The molecule has 1 aliphatic rings. The van der Waals surface area contributed by atoms with Gasteiger partial charge in [0.05, 0.1) is 0 Å². The third-order valence-electron chi connectivity index (χ3n) is 5.15. The fourth-order valence-corrected chi connectivity index (χ4v) is 4.39. The van der Waals surface area contributed by atoms with Gasteiger partial charge in [-0.3, -0.25) is 0 Å². The van der Waals surface area contributed by atoms with E-state index < -0.39 is 39.9 Å². The van der Waals surface area contributed by atoms with Gasteiger partial charge in [-0.2, -0.15) is 0 Å². The van der Waals surface area contributed by atoms with Crippen molar-refractivity contribution < 1.29 is 58.5 Å². The molecule has 9 heteroatoms. The fraction of sp³-hybridized carbons (Fsp3) is 0.412. The Balaban J connectivity index is 2.74. The van der Waals surface area contributed by atoms with Gasteiger partial charge in [-0.25, -0.2) is 0 Å². The molecule has 2 rings (SSSR count). The first-order valence-corrected chi connectivity index (χ1v) is 8.99. The molecule has 0 bridgehead atoms. The summed E-state index contributed by atoms with van der Waals surface area (Å²) in [7, 11) is 0. The van der Waals surface area contributed by atoms with Crippen molar-refractivity contribution in [3.05, 3.63) is 23.3 Å². The summed E-state index contributed by atoms with van der Waals surface area (Å²) in [5, 5.41) is 8.98. The van der Waals surface area contributed by atoms with Crippen LogP contribution in [0.1, 0.15) is 38.3 Å². The second-order valence-corrected chi connectivity index (χ2v) is 8.22. The zero-order valence-corrected chi connectivity index (χ0v) is 17.1. The normalized spacial score (nSPS) is 22.4. The molecular formula is C17H14F3N2O3Y. The summed E-state index contributed by atoms with van der Waals surface area (Å²) in [4.78, 5) is 37.5. The Bertz CT molecular complexity index is 858. The molecule has 2 amide bonds. The number of carbonyl (C=O) groups excluding carboxylic acids is 3. The Morgan fingerprint density at radius 3 is 2.27 bits per heavy atom. The maximum absolute atomic E-state index is 13.4. The van der Waals surface area contributed by atoms with Crippen LogP contribution in [0.4, 0.5) is 18.9 Å². The first kappa shape index (κ1) is 20.7. The quantitative estimate of drug-likeness (QED) is 0.534. The first-order valence-electron chi connectivity index (χ1n) is 7.57. The molecule has 1 saturated heterocycles. The Hall–Kier alpha value is -1.59. The Kier molecular flexibility index (Phi) is 5.21. The monoisotopic (exact) mass is 440 g/mol. The zero-order valence-electron chi connectivity index (χ0n) is 14.3. The van der Waals surface area contributed by atoms with E-state index in [-0.39, 0.29) is 45.4 Å². The van der Waals surface area contributed by atoms with Crippen LogP contribution in [0.2, 0.25) is 0 Å². The van der Waals surface area contributed by atoms with Crippen LogP contribution in [0.5, 0.6) is 0 Å². The number of anilines is 1. The van der Waals surface area contributed by atoms with Gasteiger partial charge in [0.15, 0.2) is 0 Å². The number of aldehydes is 1. The summed E-state index contributed by atoms with van der Waals surface area (Å²) >= 11 is -0.0573. The summed E-state index contributed by atoms with van der Waals surface area (Å²) < 4.78 is 40.0. The topological polar surface area (TPSA) is 78.2 Å². The van der Waals surface area contributed by atoms with Crippen LogP contribution in [0, 0.1) is 22.2 Å². The number of nitrogens with zero attached hydrogens (tertiary/aromatic N) is 2. The molecule has 26 heavy (non-hydrogen) atoms. The molecule has 0 aliphatic carbocycles. The van der Waals surface area contributed by atoms with Crippen LogP contribution in [0.3, 0.4) is 0 Å². The van der Waals surface area contributed by atoms with Crippen molar-refractivity contribution in [2.75, 3.05) is 4.90 Å². The Morgan fingerprint density at radius 2 is 1.81 bits per heavy atom. The van der Waals surface area contributed by atoms with E-state index in [0.717, 1.165) is 11.0 Å². The van der Waals surface area contributed by atoms with E-state index >= 15 is 0 Å². The molecule has 0 saturated carbocycles. The van der Waals surface area contributed by atoms with Crippen molar-refractivity contribution in [3.8, 4) is 6.07 Å². The molecule has 0 N–H and O–H groups in total. The number of hydrogen-bond acceptors (Lipinski definition) is 4. The molecule has 1 fully saturated rings. The van der Waals surface area contributed by atoms with Gasteiger partial charge in [0.2, 0.25) is 0 Å². The summed E-state index contributed by atoms with van der Waals surface area (Å²) in [5.41, 5.74) is -4.47. The number of hydrogen-bond donors (Lipinski definition) is 0. The fourth-order valence-electron chi connectivity index (χ4n) is 3.05. The first-order chi connectivity index (χ1) is 11.8. The van der Waals surface area contributed by atoms with Crippen molar-refractivity contribution in [1.82, 2.24) is 0 Å². The number of rotatable bonds is 3. The number of carbonyl (C=O) groups is 3. The number of nitriles is 1. The molecule has 0 radical (unpaired) electrons. The third-order valence-corrected chi connectivity index (χ3v) is 6.59. The molecule has 1 aliphatic heterocycles. The van der Waals surface area contributed by atoms with E-state index in [9.17, 15) is 27.6 Å². The van der Waals surface area contributed by atoms with Gasteiger partial charge in [-0.1, -0.05) is 0 Å². The zero-order chi connectivity index (χ0) is 20.1. The van der Waals surface area contributed by atoms with Gasteiger partial charge in [-0.15, -0.1) is 0 Å². The molecule has 1 unspecified atom stereocenters. The van der Waals surface area contributed by atoms with Crippen LogP contribution in [-0.4, -0.2) is 18.1 Å². The van der Waals surface area contributed by atoms with E-state index in [1.54, 1.807) is 0 Å². The van der Waals surface area contributed by atoms with Gasteiger partial charge < -0.3 is 0 Å². The van der Waals surface area contributed by atoms with Crippen molar-refractivity contribution in [1.29, 1.82) is 5.26 Å². The molecule has 0 aromatic heterocycles. The standard InChI is InChI=1S/C17H14F3N2O3.Y/c1-15(2)13(24)22(14(25)16(15,3)6-7-23)11-5-4-10(9-21)12(8-11)17(18,19)20;/h4-5,7H,6H2,1-3H3;. The predicted molar refractivity (Wildman–Crippen MR) is 80.9 cm³/mol. The molecular weight excluding hydrogens is 426 g/mol. The van der Waals surface area contributed by atoms with E-state index in [4.69, 9.17) is 5.26 Å². The van der Waals surface area contributed by atoms with E-state index in [2.05, 4.69) is 0 Å². The van der Waals surface area contributed by atoms with Crippen molar-refractivity contribution in [2.24, 2.45) is 10.8 Å². The molecule has 1 heterocycles. The molecule has 0 spiro atoms. The summed E-state index contributed by atoms with van der Waals surface area (Å²) in [6, 6.07) is 3.65. The summed E-state index contributed by atoms with van der Waals surface area (Å²) in [6.07, 6.45) is -4.49. The van der Waals surface area contributed by atoms with Gasteiger partial charge >= 0.3 is 168 Å². The Morgan fingerprint density at radius 1 is 1.23 bits per heavy atom. The van der Waals surface area contributed by atoms with Crippen LogP contribution >= 0.6 is 0 Å². The van der Waals surface area contributed by atoms with E-state index in [1.165, 1.54) is 32.9 Å². The van der Waals surface area contributed by atoms with Crippen LogP contribution in [0.25, 0.3) is 0 Å². The average Bonchev–Trinajstić information content (AvgIpc) is 2.65.